The molecule has 0 saturated heterocycles. The summed E-state index contributed by atoms with van der Waals surface area (Å²) in [5.74, 6) is 0.283. The molecule has 178 valence electrons. The van der Waals surface area contributed by atoms with E-state index >= 15 is 0 Å². The quantitative estimate of drug-likeness (QED) is 0.446. The summed E-state index contributed by atoms with van der Waals surface area (Å²) >= 11 is 6.24. The Hall–Kier alpha value is -2.71. The molecule has 33 heavy (non-hydrogen) atoms. The molecule has 0 saturated carbocycles. The van der Waals surface area contributed by atoms with E-state index in [1.807, 2.05) is 51.3 Å². The molecule has 0 fully saturated rings. The van der Waals surface area contributed by atoms with E-state index in [2.05, 4.69) is 9.97 Å². The van der Waals surface area contributed by atoms with Crippen LogP contribution < -0.4 is 0 Å². The van der Waals surface area contributed by atoms with Crippen LogP contribution in [-0.2, 0) is 16.0 Å². The third-order valence-corrected chi connectivity index (χ3v) is 5.59. The van der Waals surface area contributed by atoms with E-state index in [0.717, 1.165) is 11.1 Å². The Morgan fingerprint density at radius 3 is 2.55 bits per heavy atom. The molecule has 0 aliphatic heterocycles. The molecule has 9 heteroatoms. The Balaban J connectivity index is 1.98. The molecule has 2 heterocycles. The van der Waals surface area contributed by atoms with Crippen LogP contribution in [0.25, 0.3) is 22.3 Å². The summed E-state index contributed by atoms with van der Waals surface area (Å²) < 4.78 is 27.5. The number of methoxy groups -OCH3 is 1. The van der Waals surface area contributed by atoms with Gasteiger partial charge in [0.1, 0.15) is 22.4 Å². The molecular formula is C24H30ClFN4O3. The van der Waals surface area contributed by atoms with Gasteiger partial charge in [0, 0.05) is 25.8 Å². The van der Waals surface area contributed by atoms with Gasteiger partial charge in [0.15, 0.2) is 0 Å². The van der Waals surface area contributed by atoms with Crippen LogP contribution in [0.1, 0.15) is 32.2 Å². The van der Waals surface area contributed by atoms with Crippen LogP contribution in [0.3, 0.4) is 0 Å². The fraction of sp³-hybridized carbons (Fsp3) is 0.458. The monoisotopic (exact) mass is 476 g/mol. The number of nitrogens with zero attached hydrogens (tertiary/aromatic N) is 4. The number of rotatable bonds is 6. The van der Waals surface area contributed by atoms with Gasteiger partial charge in [-0.1, -0.05) is 17.7 Å². The number of halogens is 2. The van der Waals surface area contributed by atoms with Gasteiger partial charge in [0.2, 0.25) is 0 Å². The number of ether oxygens (including phenoxy) is 2. The minimum Gasteiger partial charge on any atom is -0.444 e. The van der Waals surface area contributed by atoms with E-state index in [-0.39, 0.29) is 6.10 Å². The number of aryl methyl sites for hydroxylation is 2. The van der Waals surface area contributed by atoms with E-state index in [9.17, 15) is 9.18 Å². The summed E-state index contributed by atoms with van der Waals surface area (Å²) in [6, 6.07) is 6.49. The molecule has 1 atom stereocenters. The van der Waals surface area contributed by atoms with Gasteiger partial charge < -0.3 is 18.9 Å². The van der Waals surface area contributed by atoms with Crippen LogP contribution in [0.15, 0.2) is 24.3 Å². The predicted molar refractivity (Wildman–Crippen MR) is 127 cm³/mol. The maximum absolute atomic E-state index is 14.4. The molecule has 0 N–H and O–H groups in total. The fourth-order valence-electron chi connectivity index (χ4n) is 3.55. The second kappa shape index (κ2) is 9.65. The highest BCUT2D eigenvalue weighted by Crippen LogP contribution is 2.31. The van der Waals surface area contributed by atoms with E-state index in [4.69, 9.17) is 21.1 Å². The molecule has 2 aromatic heterocycles. The zero-order chi connectivity index (χ0) is 24.5. The second-order valence-electron chi connectivity index (χ2n) is 9.11. The summed E-state index contributed by atoms with van der Waals surface area (Å²) in [5, 5.41) is 0.362. The third-order valence-electron chi connectivity index (χ3n) is 5.21. The number of carbonyl (C=O) groups excluding carboxylic acids is 1. The van der Waals surface area contributed by atoms with Gasteiger partial charge in [0.25, 0.3) is 0 Å². The van der Waals surface area contributed by atoms with Crippen molar-refractivity contribution in [1.29, 1.82) is 0 Å². The third kappa shape index (κ3) is 5.81. The van der Waals surface area contributed by atoms with E-state index in [1.54, 1.807) is 14.2 Å². The molecule has 0 spiro atoms. The van der Waals surface area contributed by atoms with Crippen LogP contribution in [0, 0.1) is 19.7 Å². The molecule has 1 amide bonds. The lowest BCUT2D eigenvalue weighted by Crippen LogP contribution is -2.40. The van der Waals surface area contributed by atoms with Crippen molar-refractivity contribution in [3.8, 4) is 11.3 Å². The molecule has 0 radical (unpaired) electrons. The van der Waals surface area contributed by atoms with Gasteiger partial charge in [-0.25, -0.2) is 19.2 Å². The molecule has 7 nitrogen and oxygen atoms in total. The largest absolute Gasteiger partial charge is 0.444 e. The van der Waals surface area contributed by atoms with Crippen molar-refractivity contribution in [1.82, 2.24) is 19.4 Å². The lowest BCUT2D eigenvalue weighted by Gasteiger charge is -2.27. The topological polar surface area (TPSA) is 69.5 Å². The van der Waals surface area contributed by atoms with Crippen molar-refractivity contribution >= 4 is 28.7 Å². The van der Waals surface area contributed by atoms with Gasteiger partial charge in [-0.3, -0.25) is 0 Å². The van der Waals surface area contributed by atoms with Crippen molar-refractivity contribution in [3.05, 3.63) is 46.6 Å². The summed E-state index contributed by atoms with van der Waals surface area (Å²) in [6.07, 6.45) is -0.788. The predicted octanol–water partition coefficient (Wildman–Crippen LogP) is 5.39. The molecule has 1 unspecified atom stereocenters. The van der Waals surface area contributed by atoms with Crippen molar-refractivity contribution in [2.45, 2.75) is 52.9 Å². The number of carbonyl (C=O) groups is 1. The maximum Gasteiger partial charge on any atom is 0.410 e. The Bertz CT molecular complexity index is 1170. The zero-order valence-electron chi connectivity index (χ0n) is 20.1. The lowest BCUT2D eigenvalue weighted by molar-refractivity contribution is 0.0116. The number of imidazole rings is 1. The van der Waals surface area contributed by atoms with E-state index in [1.165, 1.54) is 17.0 Å². The normalized spacial score (nSPS) is 12.8. The molecular weight excluding hydrogens is 447 g/mol. The summed E-state index contributed by atoms with van der Waals surface area (Å²) in [4.78, 5) is 22.9. The zero-order valence-corrected chi connectivity index (χ0v) is 20.8. The smallest absolute Gasteiger partial charge is 0.410 e. The Morgan fingerprint density at radius 1 is 1.24 bits per heavy atom. The van der Waals surface area contributed by atoms with Crippen LogP contribution in [0.2, 0.25) is 5.15 Å². The van der Waals surface area contributed by atoms with Gasteiger partial charge in [-0.05, 0) is 52.3 Å². The summed E-state index contributed by atoms with van der Waals surface area (Å²) in [5.41, 5.74) is 2.62. The number of hydrogen-bond donors (Lipinski definition) is 0. The Morgan fingerprint density at radius 2 is 1.94 bits per heavy atom. The summed E-state index contributed by atoms with van der Waals surface area (Å²) in [7, 11) is 3.25. The lowest BCUT2D eigenvalue weighted by atomic mass is 10.1. The van der Waals surface area contributed by atoms with Crippen LogP contribution >= 0.6 is 11.6 Å². The van der Waals surface area contributed by atoms with E-state index < -0.39 is 17.5 Å². The molecule has 0 aliphatic carbocycles. The molecule has 0 aliphatic rings. The Kier molecular flexibility index (Phi) is 7.29. The van der Waals surface area contributed by atoms with Gasteiger partial charge in [-0.2, -0.15) is 0 Å². The first-order chi connectivity index (χ1) is 15.4. The summed E-state index contributed by atoms with van der Waals surface area (Å²) in [6.45, 7) is 9.86. The molecule has 3 aromatic rings. The van der Waals surface area contributed by atoms with Crippen molar-refractivity contribution in [3.63, 3.8) is 0 Å². The SMILES string of the molecule is COC(CN(C)C(=O)OC(C)(C)C)Cn1c(C)nc2cc(F)cc(-c3ccc(C)c(Cl)n3)c21. The average Bonchev–Trinajstić information content (AvgIpc) is 3.02. The van der Waals surface area contributed by atoms with Crippen LogP contribution in [0.4, 0.5) is 9.18 Å². The standard InChI is InChI=1S/C24H30ClFN4O3/c1-14-8-9-19(28-22(14)25)18-10-16(26)11-20-21(18)30(15(2)27-20)13-17(32-7)12-29(6)23(31)33-24(3,4)5/h8-11,17H,12-13H2,1-7H3. The minimum absolute atomic E-state index is 0.301. The number of likely N-dealkylation sites (N-methyl/N-ethyl adjacent to an activating group) is 1. The highest BCUT2D eigenvalue weighted by molar-refractivity contribution is 6.30. The van der Waals surface area contributed by atoms with Gasteiger partial charge >= 0.3 is 6.09 Å². The van der Waals surface area contributed by atoms with Crippen molar-refractivity contribution in [2.24, 2.45) is 0 Å². The molecule has 0 bridgehead atoms. The maximum atomic E-state index is 14.4. The van der Waals surface area contributed by atoms with Crippen LogP contribution in [0.5, 0.6) is 0 Å². The highest BCUT2D eigenvalue weighted by Gasteiger charge is 2.24. The van der Waals surface area contributed by atoms with Crippen LogP contribution in [-0.4, -0.2) is 57.9 Å². The fourth-order valence-corrected chi connectivity index (χ4v) is 3.71. The second-order valence-corrected chi connectivity index (χ2v) is 9.47. The average molecular weight is 477 g/mol. The van der Waals surface area contributed by atoms with Gasteiger partial charge in [-0.15, -0.1) is 0 Å². The first kappa shape index (κ1) is 24.9. The van der Waals surface area contributed by atoms with E-state index in [0.29, 0.717) is 40.8 Å². The Labute approximate surface area is 198 Å². The number of pyridine rings is 1. The number of aromatic nitrogens is 3. The molecule has 1 aromatic carbocycles. The number of benzene rings is 1. The van der Waals surface area contributed by atoms with Gasteiger partial charge in [0.05, 0.1) is 35.9 Å². The highest BCUT2D eigenvalue weighted by atomic mass is 35.5. The van der Waals surface area contributed by atoms with Crippen molar-refractivity contribution in [2.75, 3.05) is 20.7 Å². The minimum atomic E-state index is -0.591. The first-order valence-corrected chi connectivity index (χ1v) is 11.0. The van der Waals surface area contributed by atoms with Crippen molar-refractivity contribution < 1.29 is 18.7 Å². The molecule has 3 rings (SSSR count). The number of amides is 1. The first-order valence-electron chi connectivity index (χ1n) is 10.7. The number of hydrogen-bond acceptors (Lipinski definition) is 5. The number of fused-ring (bicyclic) bond motifs is 1.